The molecule has 4 aromatic carbocycles. The molecule has 0 spiro atoms. The summed E-state index contributed by atoms with van der Waals surface area (Å²) in [6, 6.07) is 27.2. The summed E-state index contributed by atoms with van der Waals surface area (Å²) in [5.41, 5.74) is 3.56. The van der Waals surface area contributed by atoms with E-state index in [1.54, 1.807) is 54.6 Å². The summed E-state index contributed by atoms with van der Waals surface area (Å²) in [4.78, 5) is 12.7. The third-order valence-corrected chi connectivity index (χ3v) is 7.37. The van der Waals surface area contributed by atoms with Gasteiger partial charge in [0.25, 0.3) is 0 Å². The summed E-state index contributed by atoms with van der Waals surface area (Å²) in [7, 11) is -2.23. The maximum absolute atomic E-state index is 13.3. The van der Waals surface area contributed by atoms with Crippen molar-refractivity contribution in [1.82, 2.24) is 0 Å². The van der Waals surface area contributed by atoms with Gasteiger partial charge in [-0.2, -0.15) is 0 Å². The van der Waals surface area contributed by atoms with E-state index < -0.39 is 9.84 Å². The van der Waals surface area contributed by atoms with Gasteiger partial charge in [-0.05, 0) is 52.6 Å². The van der Waals surface area contributed by atoms with Crippen LogP contribution >= 0.6 is 0 Å². The normalized spacial score (nSPS) is 11.3. The van der Waals surface area contributed by atoms with Crippen LogP contribution < -0.4 is 4.74 Å². The molecular formula is C29H25FO4S. The summed E-state index contributed by atoms with van der Waals surface area (Å²) >= 11 is 0. The van der Waals surface area contributed by atoms with Gasteiger partial charge in [0.15, 0.2) is 9.84 Å². The third kappa shape index (κ3) is 6.22. The predicted molar refractivity (Wildman–Crippen MR) is 135 cm³/mol. The van der Waals surface area contributed by atoms with Crippen LogP contribution in [0.1, 0.15) is 16.7 Å². The summed E-state index contributed by atoms with van der Waals surface area (Å²) in [6.07, 6.45) is 0.517. The minimum Gasteiger partial charge on any atom is -0.496 e. The van der Waals surface area contributed by atoms with Crippen molar-refractivity contribution < 1.29 is 22.3 Å². The second kappa shape index (κ2) is 10.7. The Bertz CT molecular complexity index is 1430. The Morgan fingerprint density at radius 3 is 2.20 bits per heavy atom. The van der Waals surface area contributed by atoms with E-state index in [1.807, 2.05) is 30.3 Å². The number of hydrogen-bond donors (Lipinski definition) is 0. The molecule has 0 aliphatic heterocycles. The van der Waals surface area contributed by atoms with Gasteiger partial charge < -0.3 is 4.74 Å². The molecule has 0 heterocycles. The first-order valence-electron chi connectivity index (χ1n) is 11.1. The van der Waals surface area contributed by atoms with Gasteiger partial charge in [-0.3, -0.25) is 4.79 Å². The molecule has 0 fully saturated rings. The van der Waals surface area contributed by atoms with E-state index in [2.05, 4.69) is 0 Å². The van der Waals surface area contributed by atoms with Crippen molar-refractivity contribution in [2.45, 2.75) is 23.5 Å². The van der Waals surface area contributed by atoms with Crippen molar-refractivity contribution in [1.29, 1.82) is 0 Å². The number of methoxy groups -OCH3 is 1. The van der Waals surface area contributed by atoms with Crippen LogP contribution in [0, 0.1) is 5.82 Å². The molecule has 6 heteroatoms. The molecule has 0 bridgehead atoms. The largest absolute Gasteiger partial charge is 0.496 e. The topological polar surface area (TPSA) is 60.4 Å². The van der Waals surface area contributed by atoms with E-state index in [-0.39, 0.29) is 28.7 Å². The molecular weight excluding hydrogens is 463 g/mol. The van der Waals surface area contributed by atoms with E-state index in [9.17, 15) is 17.6 Å². The number of sulfone groups is 1. The molecule has 0 atom stereocenters. The first-order valence-corrected chi connectivity index (χ1v) is 12.8. The highest BCUT2D eigenvalue weighted by molar-refractivity contribution is 7.90. The lowest BCUT2D eigenvalue weighted by atomic mass is 10.0. The van der Waals surface area contributed by atoms with Crippen LogP contribution in [-0.4, -0.2) is 21.3 Å². The maximum atomic E-state index is 13.3. The van der Waals surface area contributed by atoms with Crippen LogP contribution in [-0.2, 0) is 33.2 Å². The van der Waals surface area contributed by atoms with Crippen LogP contribution in [0.3, 0.4) is 0 Å². The SMILES string of the molecule is COc1ccc(CC(=O)Cc2ccccc2)cc1CS(=O)(=O)c1cccc(-c2ccc(F)cc2)c1. The molecule has 0 N–H and O–H groups in total. The Morgan fingerprint density at radius 2 is 1.49 bits per heavy atom. The van der Waals surface area contributed by atoms with Gasteiger partial charge in [0.2, 0.25) is 0 Å². The van der Waals surface area contributed by atoms with Gasteiger partial charge in [0.05, 0.1) is 17.8 Å². The summed E-state index contributed by atoms with van der Waals surface area (Å²) in [5, 5.41) is 0. The van der Waals surface area contributed by atoms with Gasteiger partial charge in [-0.15, -0.1) is 0 Å². The highest BCUT2D eigenvalue weighted by Gasteiger charge is 2.20. The highest BCUT2D eigenvalue weighted by Crippen LogP contribution is 2.28. The van der Waals surface area contributed by atoms with Crippen LogP contribution in [0.2, 0.25) is 0 Å². The molecule has 0 saturated heterocycles. The number of benzene rings is 4. The first-order chi connectivity index (χ1) is 16.8. The lowest BCUT2D eigenvalue weighted by Crippen LogP contribution is -2.09. The van der Waals surface area contributed by atoms with E-state index >= 15 is 0 Å². The zero-order valence-corrected chi connectivity index (χ0v) is 20.1. The van der Waals surface area contributed by atoms with Crippen molar-refractivity contribution >= 4 is 15.6 Å². The number of hydrogen-bond acceptors (Lipinski definition) is 4. The second-order valence-electron chi connectivity index (χ2n) is 8.32. The number of ketones is 1. The number of carbonyl (C=O) groups is 1. The number of Topliss-reactive ketones (excluding diaryl/α,β-unsaturated/α-hetero) is 1. The van der Waals surface area contributed by atoms with Crippen molar-refractivity contribution in [2.24, 2.45) is 0 Å². The minimum atomic E-state index is -3.72. The van der Waals surface area contributed by atoms with Crippen LogP contribution in [0.25, 0.3) is 11.1 Å². The number of halogens is 1. The molecule has 0 aromatic heterocycles. The lowest BCUT2D eigenvalue weighted by Gasteiger charge is -2.12. The molecule has 35 heavy (non-hydrogen) atoms. The zero-order chi connectivity index (χ0) is 24.8. The fraction of sp³-hybridized carbons (Fsp3) is 0.138. The monoisotopic (exact) mass is 488 g/mol. The smallest absolute Gasteiger partial charge is 0.182 e. The minimum absolute atomic E-state index is 0.0437. The highest BCUT2D eigenvalue weighted by atomic mass is 32.2. The molecule has 0 saturated carbocycles. The lowest BCUT2D eigenvalue weighted by molar-refractivity contribution is -0.117. The van der Waals surface area contributed by atoms with E-state index in [1.165, 1.54) is 19.2 Å². The molecule has 4 nitrogen and oxygen atoms in total. The van der Waals surface area contributed by atoms with Gasteiger partial charge in [0, 0.05) is 18.4 Å². The molecule has 0 unspecified atom stereocenters. The Hall–Kier alpha value is -3.77. The second-order valence-corrected chi connectivity index (χ2v) is 10.3. The van der Waals surface area contributed by atoms with Crippen molar-refractivity contribution in [3.05, 3.63) is 120 Å². The summed E-state index contributed by atoms with van der Waals surface area (Å²) in [5.74, 6) is -0.138. The summed E-state index contributed by atoms with van der Waals surface area (Å²) < 4.78 is 45.3. The number of carbonyl (C=O) groups excluding carboxylic acids is 1. The standard InChI is InChI=1S/C29H25FO4S/c1-34-29-15-10-22(18-27(31)17-21-6-3-2-4-7-21)16-25(29)20-35(32,33)28-9-5-8-24(19-28)23-11-13-26(30)14-12-23/h2-16,19H,17-18,20H2,1H3. The van der Waals surface area contributed by atoms with Crippen LogP contribution in [0.15, 0.2) is 102 Å². The van der Waals surface area contributed by atoms with E-state index in [4.69, 9.17) is 4.74 Å². The third-order valence-electron chi connectivity index (χ3n) is 5.71. The fourth-order valence-corrected chi connectivity index (χ4v) is 5.36. The predicted octanol–water partition coefficient (Wildman–Crippen LogP) is 5.83. The molecule has 4 aromatic rings. The molecule has 0 aliphatic rings. The van der Waals surface area contributed by atoms with Gasteiger partial charge in [0.1, 0.15) is 17.3 Å². The quantitative estimate of drug-likeness (QED) is 0.297. The molecule has 0 radical (unpaired) electrons. The van der Waals surface area contributed by atoms with Crippen LogP contribution in [0.5, 0.6) is 5.75 Å². The Kier molecular flexibility index (Phi) is 7.42. The summed E-state index contributed by atoms with van der Waals surface area (Å²) in [6.45, 7) is 0. The van der Waals surface area contributed by atoms with E-state index in [0.717, 1.165) is 16.7 Å². The molecule has 178 valence electrons. The van der Waals surface area contributed by atoms with Crippen molar-refractivity contribution in [3.63, 3.8) is 0 Å². The average molecular weight is 489 g/mol. The zero-order valence-electron chi connectivity index (χ0n) is 19.3. The fourth-order valence-electron chi connectivity index (χ4n) is 3.97. The molecule has 4 rings (SSSR count). The average Bonchev–Trinajstić information content (AvgIpc) is 2.85. The molecule has 0 amide bonds. The van der Waals surface area contributed by atoms with Crippen molar-refractivity contribution in [3.8, 4) is 16.9 Å². The van der Waals surface area contributed by atoms with E-state index in [0.29, 0.717) is 23.3 Å². The Balaban J connectivity index is 1.56. The Labute approximate surface area is 204 Å². The Morgan fingerprint density at radius 1 is 0.771 bits per heavy atom. The first kappa shape index (κ1) is 24.4. The van der Waals surface area contributed by atoms with Gasteiger partial charge in [-0.1, -0.05) is 66.7 Å². The van der Waals surface area contributed by atoms with Gasteiger partial charge in [-0.25, -0.2) is 12.8 Å². The number of rotatable bonds is 9. The van der Waals surface area contributed by atoms with Gasteiger partial charge >= 0.3 is 0 Å². The number of ether oxygens (including phenoxy) is 1. The van der Waals surface area contributed by atoms with Crippen molar-refractivity contribution in [2.75, 3.05) is 7.11 Å². The van der Waals surface area contributed by atoms with Crippen LogP contribution in [0.4, 0.5) is 4.39 Å². The molecule has 0 aliphatic carbocycles. The maximum Gasteiger partial charge on any atom is 0.182 e.